The number of carbonyl (C=O) groups is 3. The molecule has 152 valence electrons. The van der Waals surface area contributed by atoms with E-state index in [1.54, 1.807) is 42.9 Å². The molecule has 1 aliphatic heterocycles. The minimum Gasteiger partial charge on any atom is -0.467 e. The van der Waals surface area contributed by atoms with Crippen molar-refractivity contribution in [1.29, 1.82) is 0 Å². The highest BCUT2D eigenvalue weighted by Crippen LogP contribution is 2.31. The molecule has 0 radical (unpaired) electrons. The average Bonchev–Trinajstić information content (AvgIpc) is 3.24. The smallest absolute Gasteiger partial charge is 0.328 e. The van der Waals surface area contributed by atoms with Crippen LogP contribution >= 0.6 is 0 Å². The number of carbonyl (C=O) groups excluding carboxylic acids is 3. The van der Waals surface area contributed by atoms with Crippen LogP contribution in [0.1, 0.15) is 18.5 Å². The molecular formula is C23H21N3O4. The predicted octanol–water partition coefficient (Wildman–Crippen LogP) is 3.18. The van der Waals surface area contributed by atoms with Gasteiger partial charge in [0.25, 0.3) is 11.8 Å². The van der Waals surface area contributed by atoms with E-state index in [0.717, 1.165) is 10.9 Å². The summed E-state index contributed by atoms with van der Waals surface area (Å²) in [5, 5.41) is 3.49. The van der Waals surface area contributed by atoms with Gasteiger partial charge in [0.15, 0.2) is 0 Å². The van der Waals surface area contributed by atoms with E-state index in [1.165, 1.54) is 17.1 Å². The molecule has 1 unspecified atom stereocenters. The van der Waals surface area contributed by atoms with Gasteiger partial charge in [-0.2, -0.15) is 0 Å². The van der Waals surface area contributed by atoms with E-state index in [0.29, 0.717) is 11.3 Å². The first-order valence-corrected chi connectivity index (χ1v) is 9.50. The van der Waals surface area contributed by atoms with Crippen LogP contribution in [0, 0.1) is 0 Å². The normalized spacial score (nSPS) is 16.6. The van der Waals surface area contributed by atoms with Gasteiger partial charge in [-0.1, -0.05) is 36.4 Å². The van der Waals surface area contributed by atoms with E-state index in [4.69, 9.17) is 4.74 Å². The molecule has 1 aliphatic rings. The van der Waals surface area contributed by atoms with Crippen LogP contribution in [-0.2, 0) is 19.1 Å². The Morgan fingerprint density at radius 3 is 2.37 bits per heavy atom. The molecule has 0 saturated carbocycles. The zero-order valence-corrected chi connectivity index (χ0v) is 16.9. The third kappa shape index (κ3) is 3.04. The van der Waals surface area contributed by atoms with Gasteiger partial charge in [0, 0.05) is 29.7 Å². The third-order valence-corrected chi connectivity index (χ3v) is 5.28. The monoisotopic (exact) mass is 403 g/mol. The van der Waals surface area contributed by atoms with Crippen LogP contribution in [0.3, 0.4) is 0 Å². The van der Waals surface area contributed by atoms with Gasteiger partial charge in [-0.15, -0.1) is 0 Å². The number of amides is 2. The zero-order chi connectivity index (χ0) is 21.4. The fraction of sp³-hybridized carbons (Fsp3) is 0.174. The van der Waals surface area contributed by atoms with Crippen LogP contribution in [0.25, 0.3) is 17.0 Å². The maximum Gasteiger partial charge on any atom is 0.328 e. The van der Waals surface area contributed by atoms with Crippen molar-refractivity contribution < 1.29 is 19.1 Å². The summed E-state index contributed by atoms with van der Waals surface area (Å²) in [7, 11) is 2.91. The minimum atomic E-state index is -0.550. The second kappa shape index (κ2) is 7.51. The Labute approximate surface area is 173 Å². The third-order valence-electron chi connectivity index (χ3n) is 5.28. The molecule has 0 aliphatic carbocycles. The van der Waals surface area contributed by atoms with Gasteiger partial charge in [0.2, 0.25) is 0 Å². The maximum atomic E-state index is 13.1. The van der Waals surface area contributed by atoms with Crippen molar-refractivity contribution in [3.05, 3.63) is 71.9 Å². The number of benzene rings is 2. The summed E-state index contributed by atoms with van der Waals surface area (Å²) >= 11 is 0. The quantitative estimate of drug-likeness (QED) is 0.381. The van der Waals surface area contributed by atoms with Gasteiger partial charge in [-0.3, -0.25) is 9.59 Å². The number of anilines is 1. The van der Waals surface area contributed by atoms with Crippen LogP contribution in [0.2, 0.25) is 0 Å². The number of hydrazine groups is 1. The van der Waals surface area contributed by atoms with Crippen LogP contribution in [0.4, 0.5) is 5.69 Å². The first kappa shape index (κ1) is 19.4. The SMILES string of the molecule is COC(=O)C(C)n1cc(/C=C2/C(=O)N(C)N(c3ccccc3)C2=O)c2ccccc21. The molecule has 0 spiro atoms. The molecule has 1 saturated heterocycles. The molecule has 4 rings (SSSR count). The van der Waals surface area contributed by atoms with E-state index in [-0.39, 0.29) is 17.4 Å². The Morgan fingerprint density at radius 2 is 1.67 bits per heavy atom. The van der Waals surface area contributed by atoms with E-state index in [1.807, 2.05) is 42.5 Å². The molecule has 0 bridgehead atoms. The van der Waals surface area contributed by atoms with Crippen LogP contribution in [0.5, 0.6) is 0 Å². The lowest BCUT2D eigenvalue weighted by molar-refractivity contribution is -0.143. The highest BCUT2D eigenvalue weighted by molar-refractivity contribution is 6.31. The van der Waals surface area contributed by atoms with Crippen LogP contribution in [-0.4, -0.2) is 41.5 Å². The van der Waals surface area contributed by atoms with Crippen molar-refractivity contribution in [2.24, 2.45) is 0 Å². The lowest BCUT2D eigenvalue weighted by atomic mass is 10.1. The number of rotatable bonds is 4. The van der Waals surface area contributed by atoms with E-state index >= 15 is 0 Å². The van der Waals surface area contributed by atoms with Crippen molar-refractivity contribution >= 4 is 40.4 Å². The highest BCUT2D eigenvalue weighted by Gasteiger charge is 2.39. The van der Waals surface area contributed by atoms with Gasteiger partial charge in [0.1, 0.15) is 11.6 Å². The zero-order valence-electron chi connectivity index (χ0n) is 16.9. The van der Waals surface area contributed by atoms with Crippen molar-refractivity contribution in [2.45, 2.75) is 13.0 Å². The summed E-state index contributed by atoms with van der Waals surface area (Å²) in [6, 6.07) is 16.0. The molecular weight excluding hydrogens is 382 g/mol. The van der Waals surface area contributed by atoms with Crippen molar-refractivity contribution in [1.82, 2.24) is 9.58 Å². The van der Waals surface area contributed by atoms with E-state index in [2.05, 4.69) is 0 Å². The molecule has 1 fully saturated rings. The summed E-state index contributed by atoms with van der Waals surface area (Å²) < 4.78 is 6.66. The number of methoxy groups -OCH3 is 1. The number of hydrogen-bond acceptors (Lipinski definition) is 4. The Bertz CT molecular complexity index is 1180. The molecule has 7 nitrogen and oxygen atoms in total. The molecule has 2 amide bonds. The van der Waals surface area contributed by atoms with Crippen molar-refractivity contribution in [2.75, 3.05) is 19.2 Å². The second-order valence-corrected chi connectivity index (χ2v) is 7.05. The standard InChI is InChI=1S/C23H21N3O4/c1-15(23(29)30-3)25-14-16(18-11-7-8-12-20(18)25)13-19-21(27)24(2)26(22(19)28)17-9-5-4-6-10-17/h4-15H,1-3H3/b19-13-. The molecule has 2 aromatic carbocycles. The maximum absolute atomic E-state index is 13.1. The number of fused-ring (bicyclic) bond motifs is 1. The molecule has 7 heteroatoms. The van der Waals surface area contributed by atoms with E-state index in [9.17, 15) is 14.4 Å². The van der Waals surface area contributed by atoms with Gasteiger partial charge < -0.3 is 9.30 Å². The molecule has 2 heterocycles. The number of likely N-dealkylation sites (N-methyl/N-ethyl adjacent to an activating group) is 1. The number of nitrogens with zero attached hydrogens (tertiary/aromatic N) is 3. The fourth-order valence-electron chi connectivity index (χ4n) is 3.70. The van der Waals surface area contributed by atoms with Gasteiger partial charge in [-0.05, 0) is 31.2 Å². The van der Waals surface area contributed by atoms with Gasteiger partial charge in [0.05, 0.1) is 12.8 Å². The second-order valence-electron chi connectivity index (χ2n) is 7.05. The number of ether oxygens (including phenoxy) is 1. The molecule has 1 aromatic heterocycles. The van der Waals surface area contributed by atoms with Crippen LogP contribution < -0.4 is 5.01 Å². The van der Waals surface area contributed by atoms with Crippen molar-refractivity contribution in [3.63, 3.8) is 0 Å². The summed E-state index contributed by atoms with van der Waals surface area (Å²) in [6.07, 6.45) is 3.36. The summed E-state index contributed by atoms with van der Waals surface area (Å²) in [5.74, 6) is -1.16. The molecule has 1 atom stereocenters. The summed E-state index contributed by atoms with van der Waals surface area (Å²) in [6.45, 7) is 1.74. The number of hydrogen-bond donors (Lipinski definition) is 0. The highest BCUT2D eigenvalue weighted by atomic mass is 16.5. The van der Waals surface area contributed by atoms with Crippen LogP contribution in [0.15, 0.2) is 66.4 Å². The molecule has 30 heavy (non-hydrogen) atoms. The first-order chi connectivity index (χ1) is 14.4. The lowest BCUT2D eigenvalue weighted by Gasteiger charge is -2.22. The fourth-order valence-corrected chi connectivity index (χ4v) is 3.70. The number of esters is 1. The van der Waals surface area contributed by atoms with E-state index < -0.39 is 11.9 Å². The lowest BCUT2D eigenvalue weighted by Crippen LogP contribution is -2.37. The summed E-state index contributed by atoms with van der Waals surface area (Å²) in [4.78, 5) is 38.0. The Hall–Kier alpha value is -3.87. The Balaban J connectivity index is 1.81. The first-order valence-electron chi connectivity index (χ1n) is 9.50. The van der Waals surface area contributed by atoms with Gasteiger partial charge >= 0.3 is 5.97 Å². The van der Waals surface area contributed by atoms with Gasteiger partial charge in [-0.25, -0.2) is 14.8 Å². The summed E-state index contributed by atoms with van der Waals surface area (Å²) in [5.41, 5.74) is 2.17. The topological polar surface area (TPSA) is 71.8 Å². The number of para-hydroxylation sites is 2. The molecule has 3 aromatic rings. The van der Waals surface area contributed by atoms with Crippen molar-refractivity contribution in [3.8, 4) is 0 Å². The largest absolute Gasteiger partial charge is 0.467 e. The predicted molar refractivity (Wildman–Crippen MR) is 113 cm³/mol. The average molecular weight is 403 g/mol. The number of aromatic nitrogens is 1. The Morgan fingerprint density at radius 1 is 1.00 bits per heavy atom. The molecule has 0 N–H and O–H groups in total. The Kier molecular flexibility index (Phi) is 4.87. The minimum absolute atomic E-state index is 0.0648.